The Balaban J connectivity index is 2.19. The fourth-order valence-corrected chi connectivity index (χ4v) is 0.550. The predicted octanol–water partition coefficient (Wildman–Crippen LogP) is -0.00200. The molecular weight excluding hydrogens is 105 g/mol. The maximum atomic E-state index is 5.09. The standard InChI is InChI=1S/C4H10BNO2/c1-5-7-3-6(2)4-8-5/h3-4H2,1-2H3. The summed E-state index contributed by atoms with van der Waals surface area (Å²) in [6, 6.07) is 0. The second-order valence-electron chi connectivity index (χ2n) is 2.02. The van der Waals surface area contributed by atoms with Crippen LogP contribution in [-0.2, 0) is 9.31 Å². The zero-order valence-electron chi connectivity index (χ0n) is 5.26. The van der Waals surface area contributed by atoms with Crippen molar-refractivity contribution < 1.29 is 9.31 Å². The molecule has 0 saturated carbocycles. The Morgan fingerprint density at radius 1 is 1.38 bits per heavy atom. The summed E-state index contributed by atoms with van der Waals surface area (Å²) in [5, 5.41) is 0. The molecule has 0 N–H and O–H groups in total. The zero-order chi connectivity index (χ0) is 5.98. The van der Waals surface area contributed by atoms with Crippen molar-refractivity contribution in [2.45, 2.75) is 6.82 Å². The van der Waals surface area contributed by atoms with E-state index in [0.717, 1.165) is 0 Å². The van der Waals surface area contributed by atoms with Crippen molar-refractivity contribution in [3.8, 4) is 0 Å². The lowest BCUT2D eigenvalue weighted by Crippen LogP contribution is -2.38. The minimum atomic E-state index is -0.0220. The van der Waals surface area contributed by atoms with E-state index in [9.17, 15) is 0 Å². The highest BCUT2D eigenvalue weighted by molar-refractivity contribution is 6.42. The Labute approximate surface area is 49.7 Å². The molecule has 0 aliphatic carbocycles. The van der Waals surface area contributed by atoms with Gasteiger partial charge in [-0.1, -0.05) is 0 Å². The number of hydrogen-bond donors (Lipinski definition) is 0. The van der Waals surface area contributed by atoms with Crippen LogP contribution >= 0.6 is 0 Å². The molecule has 0 atom stereocenters. The van der Waals surface area contributed by atoms with Crippen LogP contribution in [0.2, 0.25) is 6.82 Å². The van der Waals surface area contributed by atoms with Crippen LogP contribution in [0.25, 0.3) is 0 Å². The molecule has 1 saturated heterocycles. The highest BCUT2D eigenvalue weighted by Gasteiger charge is 2.16. The summed E-state index contributed by atoms with van der Waals surface area (Å²) < 4.78 is 10.2. The molecule has 0 spiro atoms. The van der Waals surface area contributed by atoms with Gasteiger partial charge in [0.05, 0.1) is 13.5 Å². The summed E-state index contributed by atoms with van der Waals surface area (Å²) in [5.41, 5.74) is 0. The fourth-order valence-electron chi connectivity index (χ4n) is 0.550. The average molecular weight is 115 g/mol. The van der Waals surface area contributed by atoms with E-state index in [1.807, 2.05) is 18.8 Å². The molecule has 3 nitrogen and oxygen atoms in total. The summed E-state index contributed by atoms with van der Waals surface area (Å²) in [6.07, 6.45) is 0. The normalized spacial score (nSPS) is 24.0. The first-order chi connectivity index (χ1) is 3.79. The van der Waals surface area contributed by atoms with Gasteiger partial charge >= 0.3 is 7.12 Å². The van der Waals surface area contributed by atoms with Crippen LogP contribution in [0, 0.1) is 0 Å². The Bertz CT molecular complexity index is 62.4. The lowest BCUT2D eigenvalue weighted by atomic mass is 9.95. The van der Waals surface area contributed by atoms with Crippen LogP contribution < -0.4 is 0 Å². The summed E-state index contributed by atoms with van der Waals surface area (Å²) in [5.74, 6) is 0. The van der Waals surface area contributed by atoms with Gasteiger partial charge < -0.3 is 9.31 Å². The van der Waals surface area contributed by atoms with Crippen LogP contribution in [0.3, 0.4) is 0 Å². The van der Waals surface area contributed by atoms with Gasteiger partial charge in [-0.05, 0) is 13.9 Å². The van der Waals surface area contributed by atoms with E-state index < -0.39 is 0 Å². The van der Waals surface area contributed by atoms with Crippen LogP contribution in [-0.4, -0.2) is 32.5 Å². The van der Waals surface area contributed by atoms with Gasteiger partial charge in [-0.3, -0.25) is 4.90 Å². The van der Waals surface area contributed by atoms with Gasteiger partial charge in [0.15, 0.2) is 0 Å². The monoisotopic (exact) mass is 115 g/mol. The molecule has 0 aromatic heterocycles. The quantitative estimate of drug-likeness (QED) is 0.414. The third-order valence-electron chi connectivity index (χ3n) is 1.06. The third-order valence-corrected chi connectivity index (χ3v) is 1.06. The third kappa shape index (κ3) is 1.47. The van der Waals surface area contributed by atoms with Crippen molar-refractivity contribution in [2.24, 2.45) is 0 Å². The van der Waals surface area contributed by atoms with Gasteiger partial charge in [-0.15, -0.1) is 0 Å². The number of nitrogens with zero attached hydrogens (tertiary/aromatic N) is 1. The lowest BCUT2D eigenvalue weighted by Gasteiger charge is -2.25. The summed E-state index contributed by atoms with van der Waals surface area (Å²) in [4.78, 5) is 1.96. The van der Waals surface area contributed by atoms with Crippen LogP contribution in [0.5, 0.6) is 0 Å². The van der Waals surface area contributed by atoms with Crippen LogP contribution in [0.1, 0.15) is 0 Å². The SMILES string of the molecule is CB1OCN(C)CO1. The molecular formula is C4H10BNO2. The second kappa shape index (κ2) is 2.48. The van der Waals surface area contributed by atoms with Gasteiger partial charge in [-0.2, -0.15) is 0 Å². The van der Waals surface area contributed by atoms with Crippen molar-refractivity contribution in [3.63, 3.8) is 0 Å². The van der Waals surface area contributed by atoms with E-state index in [2.05, 4.69) is 0 Å². The molecule has 0 unspecified atom stereocenters. The van der Waals surface area contributed by atoms with Gasteiger partial charge in [0.2, 0.25) is 0 Å². The molecule has 1 rings (SSSR count). The first-order valence-electron chi connectivity index (χ1n) is 2.71. The summed E-state index contributed by atoms with van der Waals surface area (Å²) in [6.45, 7) is 3.26. The van der Waals surface area contributed by atoms with Crippen molar-refractivity contribution in [3.05, 3.63) is 0 Å². The zero-order valence-corrected chi connectivity index (χ0v) is 5.26. The minimum Gasteiger partial charge on any atom is -0.398 e. The first kappa shape index (κ1) is 6.07. The van der Waals surface area contributed by atoms with Gasteiger partial charge in [0.25, 0.3) is 0 Å². The highest BCUT2D eigenvalue weighted by Crippen LogP contribution is 1.98. The molecule has 4 heteroatoms. The fraction of sp³-hybridized carbons (Fsp3) is 1.00. The van der Waals surface area contributed by atoms with Crippen LogP contribution in [0.4, 0.5) is 0 Å². The van der Waals surface area contributed by atoms with E-state index in [4.69, 9.17) is 9.31 Å². The second-order valence-corrected chi connectivity index (χ2v) is 2.02. The van der Waals surface area contributed by atoms with Crippen molar-refractivity contribution in [1.29, 1.82) is 0 Å². The topological polar surface area (TPSA) is 21.7 Å². The van der Waals surface area contributed by atoms with Gasteiger partial charge in [0.1, 0.15) is 0 Å². The smallest absolute Gasteiger partial charge is 0.398 e. The molecule has 0 amide bonds. The molecule has 46 valence electrons. The van der Waals surface area contributed by atoms with E-state index in [0.29, 0.717) is 13.5 Å². The summed E-state index contributed by atoms with van der Waals surface area (Å²) in [7, 11) is 1.93. The first-order valence-corrected chi connectivity index (χ1v) is 2.71. The molecule has 0 radical (unpaired) electrons. The van der Waals surface area contributed by atoms with E-state index >= 15 is 0 Å². The minimum absolute atomic E-state index is 0.0220. The maximum Gasteiger partial charge on any atom is 0.455 e. The molecule has 0 aromatic rings. The Kier molecular flexibility index (Phi) is 1.88. The van der Waals surface area contributed by atoms with E-state index in [1.54, 1.807) is 0 Å². The Morgan fingerprint density at radius 2 is 1.88 bits per heavy atom. The molecule has 8 heavy (non-hydrogen) atoms. The Morgan fingerprint density at radius 3 is 2.25 bits per heavy atom. The Hall–Kier alpha value is -0.0551. The highest BCUT2D eigenvalue weighted by atomic mass is 16.6. The molecule has 1 fully saturated rings. The molecule has 0 bridgehead atoms. The number of rotatable bonds is 0. The van der Waals surface area contributed by atoms with Gasteiger partial charge in [-0.25, -0.2) is 0 Å². The average Bonchev–Trinajstić information content (AvgIpc) is 1.77. The van der Waals surface area contributed by atoms with Crippen molar-refractivity contribution in [2.75, 3.05) is 20.5 Å². The van der Waals surface area contributed by atoms with Crippen molar-refractivity contribution in [1.82, 2.24) is 4.90 Å². The molecule has 1 heterocycles. The van der Waals surface area contributed by atoms with Crippen LogP contribution in [0.15, 0.2) is 0 Å². The van der Waals surface area contributed by atoms with Gasteiger partial charge in [0, 0.05) is 0 Å². The van der Waals surface area contributed by atoms with E-state index in [-0.39, 0.29) is 7.12 Å². The molecule has 1 aliphatic rings. The summed E-state index contributed by atoms with van der Waals surface area (Å²) >= 11 is 0. The predicted molar refractivity (Wildman–Crippen MR) is 31.3 cm³/mol. The van der Waals surface area contributed by atoms with Crippen molar-refractivity contribution >= 4 is 7.12 Å². The number of hydrogen-bond acceptors (Lipinski definition) is 3. The molecule has 0 aromatic carbocycles. The molecule has 1 aliphatic heterocycles. The lowest BCUT2D eigenvalue weighted by molar-refractivity contribution is 0.000138. The maximum absolute atomic E-state index is 5.09. The largest absolute Gasteiger partial charge is 0.455 e. The van der Waals surface area contributed by atoms with E-state index in [1.165, 1.54) is 0 Å².